The highest BCUT2D eigenvalue weighted by Crippen LogP contribution is 2.48. The minimum Gasteiger partial charge on any atom is -0.375 e. The van der Waals surface area contributed by atoms with E-state index in [1.165, 1.54) is 0 Å². The second kappa shape index (κ2) is 7.45. The molecule has 1 amide bonds. The molecule has 0 saturated heterocycles. The highest BCUT2D eigenvalue weighted by molar-refractivity contribution is 5.87. The van der Waals surface area contributed by atoms with Crippen molar-refractivity contribution in [3.8, 4) is 0 Å². The normalized spacial score (nSPS) is 27.3. The van der Waals surface area contributed by atoms with Gasteiger partial charge in [-0.2, -0.15) is 0 Å². The number of carbonyl (C=O) groups is 1. The average Bonchev–Trinajstić information content (AvgIpc) is 3.02. The number of nitrogens with two attached hydrogens (primary N) is 1. The number of alkyl halides is 2. The van der Waals surface area contributed by atoms with E-state index in [1.807, 2.05) is 12.2 Å². The number of amides is 1. The smallest absolute Gasteiger partial charge is 0.260 e. The number of hydrogen-bond acceptors (Lipinski definition) is 3. The number of aliphatic hydroxyl groups is 1. The van der Waals surface area contributed by atoms with Gasteiger partial charge in [0, 0.05) is 31.3 Å². The minimum atomic E-state index is -2.84. The van der Waals surface area contributed by atoms with Gasteiger partial charge in [0.1, 0.15) is 0 Å². The van der Waals surface area contributed by atoms with Crippen molar-refractivity contribution < 1.29 is 18.7 Å². The zero-order valence-corrected chi connectivity index (χ0v) is 14.8. The van der Waals surface area contributed by atoms with Gasteiger partial charge in [0.25, 0.3) is 5.91 Å². The third-order valence-corrected chi connectivity index (χ3v) is 5.61. The monoisotopic (exact) mass is 364 g/mol. The molecule has 1 unspecified atom stereocenters. The first kappa shape index (κ1) is 19.0. The van der Waals surface area contributed by atoms with Crippen LogP contribution in [0.2, 0.25) is 0 Å². The SMILES string of the molecule is NCCC1CC=CCN1C(=O)[C@](O)(c1ccccc1)[C@@H]1CCC(F)(F)C1. The molecule has 1 fully saturated rings. The molecular formula is C20H26F2N2O2. The Morgan fingerprint density at radius 3 is 2.65 bits per heavy atom. The predicted octanol–water partition coefficient (Wildman–Crippen LogP) is 2.82. The van der Waals surface area contributed by atoms with E-state index in [9.17, 15) is 18.7 Å². The largest absolute Gasteiger partial charge is 0.375 e. The highest BCUT2D eigenvalue weighted by atomic mass is 19.3. The van der Waals surface area contributed by atoms with E-state index in [0.29, 0.717) is 31.5 Å². The standard InChI is InChI=1S/C20H26F2N2O2/c21-19(22)11-9-16(14-19)20(26,15-6-2-1-3-7-15)18(25)24-13-5-4-8-17(24)10-12-23/h1-7,16-17,26H,8-14,23H2/t16-,17?,20+/m1/s1. The molecule has 3 atom stereocenters. The Balaban J connectivity index is 1.98. The van der Waals surface area contributed by atoms with Crippen LogP contribution in [0.25, 0.3) is 0 Å². The molecule has 4 nitrogen and oxygen atoms in total. The van der Waals surface area contributed by atoms with Crippen molar-refractivity contribution in [1.29, 1.82) is 0 Å². The van der Waals surface area contributed by atoms with Crippen LogP contribution in [0.1, 0.15) is 37.7 Å². The third-order valence-electron chi connectivity index (χ3n) is 5.61. The summed E-state index contributed by atoms with van der Waals surface area (Å²) >= 11 is 0. The summed E-state index contributed by atoms with van der Waals surface area (Å²) in [7, 11) is 0. The topological polar surface area (TPSA) is 66.6 Å². The van der Waals surface area contributed by atoms with E-state index in [-0.39, 0.29) is 18.9 Å². The molecule has 0 aromatic heterocycles. The van der Waals surface area contributed by atoms with Crippen molar-refractivity contribution in [1.82, 2.24) is 4.90 Å². The summed E-state index contributed by atoms with van der Waals surface area (Å²) in [6.07, 6.45) is 4.49. The van der Waals surface area contributed by atoms with E-state index in [2.05, 4.69) is 0 Å². The van der Waals surface area contributed by atoms with Crippen molar-refractivity contribution in [2.75, 3.05) is 13.1 Å². The Kier molecular flexibility index (Phi) is 5.44. The summed E-state index contributed by atoms with van der Waals surface area (Å²) in [6.45, 7) is 0.787. The van der Waals surface area contributed by atoms with Crippen LogP contribution in [0.5, 0.6) is 0 Å². The second-order valence-electron chi connectivity index (χ2n) is 7.32. The van der Waals surface area contributed by atoms with E-state index in [0.717, 1.165) is 0 Å². The van der Waals surface area contributed by atoms with E-state index in [1.54, 1.807) is 35.2 Å². The number of nitrogens with zero attached hydrogens (tertiary/aromatic N) is 1. The van der Waals surface area contributed by atoms with E-state index >= 15 is 0 Å². The van der Waals surface area contributed by atoms with Gasteiger partial charge in [-0.3, -0.25) is 4.79 Å². The molecule has 0 bridgehead atoms. The first-order chi connectivity index (χ1) is 12.4. The number of benzene rings is 1. The molecule has 3 N–H and O–H groups in total. The Morgan fingerprint density at radius 2 is 2.04 bits per heavy atom. The zero-order chi connectivity index (χ0) is 18.8. The van der Waals surface area contributed by atoms with Gasteiger partial charge in [-0.1, -0.05) is 42.5 Å². The molecule has 1 heterocycles. The molecule has 142 valence electrons. The average molecular weight is 364 g/mol. The summed E-state index contributed by atoms with van der Waals surface area (Å²) < 4.78 is 27.8. The van der Waals surface area contributed by atoms with Crippen molar-refractivity contribution in [3.05, 3.63) is 48.0 Å². The van der Waals surface area contributed by atoms with Gasteiger partial charge in [-0.25, -0.2) is 8.78 Å². The predicted molar refractivity (Wildman–Crippen MR) is 95.6 cm³/mol. The Labute approximate surface area is 152 Å². The maximum atomic E-state index is 13.9. The lowest BCUT2D eigenvalue weighted by atomic mass is 9.78. The summed E-state index contributed by atoms with van der Waals surface area (Å²) in [6, 6.07) is 8.38. The van der Waals surface area contributed by atoms with Gasteiger partial charge < -0.3 is 15.7 Å². The molecule has 1 aliphatic carbocycles. The number of hydrogen-bond donors (Lipinski definition) is 2. The van der Waals surface area contributed by atoms with Crippen LogP contribution in [-0.4, -0.2) is 41.0 Å². The minimum absolute atomic E-state index is 0.116. The third kappa shape index (κ3) is 3.53. The number of carbonyl (C=O) groups excluding carboxylic acids is 1. The second-order valence-corrected chi connectivity index (χ2v) is 7.32. The Bertz CT molecular complexity index is 665. The van der Waals surface area contributed by atoms with Crippen LogP contribution in [0.4, 0.5) is 8.78 Å². The number of rotatable bonds is 5. The van der Waals surface area contributed by atoms with Gasteiger partial charge >= 0.3 is 0 Å². The fraction of sp³-hybridized carbons (Fsp3) is 0.550. The van der Waals surface area contributed by atoms with Gasteiger partial charge in [0.15, 0.2) is 5.60 Å². The molecular weight excluding hydrogens is 338 g/mol. The molecule has 1 aromatic rings. The lowest BCUT2D eigenvalue weighted by Gasteiger charge is -2.41. The molecule has 2 aliphatic rings. The molecule has 6 heteroatoms. The van der Waals surface area contributed by atoms with Gasteiger partial charge in [0.2, 0.25) is 5.92 Å². The Morgan fingerprint density at radius 1 is 1.31 bits per heavy atom. The molecule has 3 rings (SSSR count). The fourth-order valence-electron chi connectivity index (χ4n) is 4.18. The van der Waals surface area contributed by atoms with Gasteiger partial charge in [-0.05, 0) is 31.4 Å². The fourth-order valence-corrected chi connectivity index (χ4v) is 4.18. The van der Waals surface area contributed by atoms with Crippen molar-refractivity contribution >= 4 is 5.91 Å². The van der Waals surface area contributed by atoms with Crippen molar-refractivity contribution in [3.63, 3.8) is 0 Å². The Hall–Kier alpha value is -1.79. The van der Waals surface area contributed by atoms with Crippen molar-refractivity contribution in [2.45, 2.75) is 49.7 Å². The van der Waals surface area contributed by atoms with Crippen molar-refractivity contribution in [2.24, 2.45) is 11.7 Å². The molecule has 1 aliphatic heterocycles. The van der Waals surface area contributed by atoms with Crippen LogP contribution in [0.15, 0.2) is 42.5 Å². The molecule has 1 aromatic carbocycles. The van der Waals surface area contributed by atoms with Crippen LogP contribution >= 0.6 is 0 Å². The highest BCUT2D eigenvalue weighted by Gasteiger charge is 2.55. The zero-order valence-electron chi connectivity index (χ0n) is 14.8. The van der Waals surface area contributed by atoms with Crippen LogP contribution in [-0.2, 0) is 10.4 Å². The van der Waals surface area contributed by atoms with Gasteiger partial charge in [-0.15, -0.1) is 0 Å². The molecule has 0 radical (unpaired) electrons. The summed E-state index contributed by atoms with van der Waals surface area (Å²) in [4.78, 5) is 15.1. The molecule has 0 spiro atoms. The maximum Gasteiger partial charge on any atom is 0.260 e. The molecule has 1 saturated carbocycles. The van der Waals surface area contributed by atoms with Crippen LogP contribution in [0, 0.1) is 5.92 Å². The van der Waals surface area contributed by atoms with Gasteiger partial charge in [0.05, 0.1) is 0 Å². The van der Waals surface area contributed by atoms with Crippen LogP contribution in [0.3, 0.4) is 0 Å². The summed E-state index contributed by atoms with van der Waals surface area (Å²) in [5.74, 6) is -4.14. The number of halogens is 2. The summed E-state index contributed by atoms with van der Waals surface area (Å²) in [5.41, 5.74) is 4.11. The first-order valence-corrected chi connectivity index (χ1v) is 9.20. The lowest BCUT2D eigenvalue weighted by molar-refractivity contribution is -0.162. The lowest BCUT2D eigenvalue weighted by Crippen LogP contribution is -2.55. The summed E-state index contributed by atoms with van der Waals surface area (Å²) in [5, 5.41) is 11.5. The maximum absolute atomic E-state index is 13.9. The first-order valence-electron chi connectivity index (χ1n) is 9.20. The molecule has 26 heavy (non-hydrogen) atoms. The van der Waals surface area contributed by atoms with E-state index < -0.39 is 29.8 Å². The van der Waals surface area contributed by atoms with Crippen LogP contribution < -0.4 is 5.73 Å². The quantitative estimate of drug-likeness (QED) is 0.790. The van der Waals surface area contributed by atoms with E-state index in [4.69, 9.17) is 5.73 Å².